The summed E-state index contributed by atoms with van der Waals surface area (Å²) in [6, 6.07) is 24.1. The number of aromatic nitrogens is 5. The number of carboxylic acid groups (broad SMARTS) is 1. The molecule has 0 radical (unpaired) electrons. The van der Waals surface area contributed by atoms with Gasteiger partial charge in [-0.2, -0.15) is 5.10 Å². The highest BCUT2D eigenvalue weighted by Gasteiger charge is 2.23. The normalized spacial score (nSPS) is 11.3. The number of rotatable bonds is 6. The summed E-state index contributed by atoms with van der Waals surface area (Å²) in [6.07, 6.45) is 3.29. The first-order valence-corrected chi connectivity index (χ1v) is 12.3. The summed E-state index contributed by atoms with van der Waals surface area (Å²) in [5.41, 5.74) is 2.28. The van der Waals surface area contributed by atoms with Crippen molar-refractivity contribution in [3.8, 4) is 11.3 Å². The molecular weight excluding hydrogens is 494 g/mol. The third-order valence-corrected chi connectivity index (χ3v) is 6.89. The summed E-state index contributed by atoms with van der Waals surface area (Å²) < 4.78 is 4.24. The van der Waals surface area contributed by atoms with Crippen molar-refractivity contribution < 1.29 is 9.90 Å². The molecule has 3 aromatic carbocycles. The highest BCUT2D eigenvalue weighted by Crippen LogP contribution is 2.28. The molecule has 0 saturated carbocycles. The van der Waals surface area contributed by atoms with Crippen LogP contribution in [0.25, 0.3) is 33.1 Å². The Kier molecular flexibility index (Phi) is 5.88. The number of hydrogen-bond donors (Lipinski definition) is 1. The van der Waals surface area contributed by atoms with E-state index in [-0.39, 0.29) is 17.8 Å². The topological polar surface area (TPSA) is 112 Å². The number of carboxylic acids is 1. The predicted molar refractivity (Wildman–Crippen MR) is 148 cm³/mol. The van der Waals surface area contributed by atoms with Gasteiger partial charge in [0, 0.05) is 25.0 Å². The van der Waals surface area contributed by atoms with Gasteiger partial charge >= 0.3 is 11.7 Å². The van der Waals surface area contributed by atoms with Crippen molar-refractivity contribution in [3.05, 3.63) is 129 Å². The fraction of sp³-hybridized carbons (Fsp3) is 0.100. The second kappa shape index (κ2) is 9.53. The maximum atomic E-state index is 13.6. The number of aromatic carboxylic acids is 1. The van der Waals surface area contributed by atoms with Crippen LogP contribution in [0.4, 0.5) is 0 Å². The minimum atomic E-state index is -1.06. The molecule has 0 saturated heterocycles. The number of fused-ring (bicyclic) bond motifs is 2. The third-order valence-electron chi connectivity index (χ3n) is 6.89. The van der Waals surface area contributed by atoms with Crippen LogP contribution < -0.4 is 11.2 Å². The third kappa shape index (κ3) is 4.19. The SMILES string of the molecule is Cn1c(=O)c2c(-c3ccncc3)n(Cc3cccc4ccccc34)nc2n(Cc2cccc(C(=O)O)c2)c1=O. The summed E-state index contributed by atoms with van der Waals surface area (Å²) in [5.74, 6) is -1.06. The molecule has 0 aliphatic carbocycles. The van der Waals surface area contributed by atoms with E-state index in [0.29, 0.717) is 23.2 Å². The molecule has 1 N–H and O–H groups in total. The van der Waals surface area contributed by atoms with E-state index < -0.39 is 17.2 Å². The van der Waals surface area contributed by atoms with Crippen molar-refractivity contribution in [1.82, 2.24) is 23.9 Å². The summed E-state index contributed by atoms with van der Waals surface area (Å²) >= 11 is 0. The predicted octanol–water partition coefficient (Wildman–Crippen LogP) is 3.91. The Morgan fingerprint density at radius 1 is 0.897 bits per heavy atom. The maximum Gasteiger partial charge on any atom is 0.335 e. The minimum Gasteiger partial charge on any atom is -0.478 e. The lowest BCUT2D eigenvalue weighted by Crippen LogP contribution is -2.38. The van der Waals surface area contributed by atoms with Gasteiger partial charge in [0.1, 0.15) is 5.39 Å². The zero-order valence-corrected chi connectivity index (χ0v) is 21.0. The first-order valence-electron chi connectivity index (χ1n) is 12.3. The molecule has 0 fully saturated rings. The Balaban J connectivity index is 1.62. The van der Waals surface area contributed by atoms with E-state index in [9.17, 15) is 19.5 Å². The Labute approximate surface area is 221 Å². The monoisotopic (exact) mass is 517 g/mol. The van der Waals surface area contributed by atoms with Crippen molar-refractivity contribution in [3.63, 3.8) is 0 Å². The van der Waals surface area contributed by atoms with Crippen molar-refractivity contribution in [1.29, 1.82) is 0 Å². The van der Waals surface area contributed by atoms with Crippen molar-refractivity contribution >= 4 is 27.8 Å². The Hall–Kier alpha value is -5.31. The van der Waals surface area contributed by atoms with Crippen molar-refractivity contribution in [2.24, 2.45) is 7.05 Å². The van der Waals surface area contributed by atoms with Gasteiger partial charge in [-0.3, -0.25) is 23.6 Å². The minimum absolute atomic E-state index is 0.0473. The summed E-state index contributed by atoms with van der Waals surface area (Å²) in [7, 11) is 1.44. The molecule has 0 amide bonds. The lowest BCUT2D eigenvalue weighted by atomic mass is 10.0. The van der Waals surface area contributed by atoms with E-state index in [1.54, 1.807) is 41.3 Å². The van der Waals surface area contributed by atoms with E-state index in [1.807, 2.05) is 42.5 Å². The standard InChI is InChI=1S/C30H23N5O4/c1-33-28(36)25-26(21-12-14-31-15-13-21)35(18-23-10-5-8-20-7-2-3-11-24(20)23)32-27(25)34(30(33)39)17-19-6-4-9-22(16-19)29(37)38/h2-16H,17-18H2,1H3,(H,37,38). The van der Waals surface area contributed by atoms with Gasteiger partial charge in [-0.25, -0.2) is 9.59 Å². The average Bonchev–Trinajstić information content (AvgIpc) is 3.34. The van der Waals surface area contributed by atoms with Gasteiger partial charge in [-0.15, -0.1) is 0 Å². The number of pyridine rings is 1. The van der Waals surface area contributed by atoms with Crippen LogP contribution in [0.2, 0.25) is 0 Å². The Morgan fingerprint density at radius 3 is 2.44 bits per heavy atom. The quantitative estimate of drug-likeness (QED) is 0.359. The first-order chi connectivity index (χ1) is 18.9. The van der Waals surface area contributed by atoms with Crippen LogP contribution in [0.15, 0.2) is 101 Å². The average molecular weight is 518 g/mol. The van der Waals surface area contributed by atoms with Gasteiger partial charge in [-0.1, -0.05) is 54.6 Å². The van der Waals surface area contributed by atoms with Gasteiger partial charge < -0.3 is 5.11 Å². The van der Waals surface area contributed by atoms with E-state index in [0.717, 1.165) is 26.5 Å². The Bertz CT molecular complexity index is 2000. The number of carbonyl (C=O) groups is 1. The molecule has 0 unspecified atom stereocenters. The Morgan fingerprint density at radius 2 is 1.64 bits per heavy atom. The zero-order valence-electron chi connectivity index (χ0n) is 21.0. The molecule has 6 rings (SSSR count). The fourth-order valence-corrected chi connectivity index (χ4v) is 5.00. The second-order valence-electron chi connectivity index (χ2n) is 9.32. The molecule has 39 heavy (non-hydrogen) atoms. The second-order valence-corrected chi connectivity index (χ2v) is 9.32. The van der Waals surface area contributed by atoms with Crippen LogP contribution in [0.1, 0.15) is 21.5 Å². The summed E-state index contributed by atoms with van der Waals surface area (Å²) in [4.78, 5) is 42.6. The van der Waals surface area contributed by atoms with Gasteiger partial charge in [0.05, 0.1) is 24.3 Å². The van der Waals surface area contributed by atoms with Gasteiger partial charge in [0.25, 0.3) is 5.56 Å². The van der Waals surface area contributed by atoms with Crippen LogP contribution in [0, 0.1) is 0 Å². The largest absolute Gasteiger partial charge is 0.478 e. The lowest BCUT2D eigenvalue weighted by molar-refractivity contribution is 0.0696. The molecule has 0 bridgehead atoms. The van der Waals surface area contributed by atoms with E-state index in [1.165, 1.54) is 23.7 Å². The van der Waals surface area contributed by atoms with Crippen LogP contribution in [0.3, 0.4) is 0 Å². The molecule has 0 aliphatic rings. The molecule has 9 nitrogen and oxygen atoms in total. The maximum absolute atomic E-state index is 13.6. The highest BCUT2D eigenvalue weighted by molar-refractivity contribution is 5.91. The highest BCUT2D eigenvalue weighted by atomic mass is 16.4. The molecule has 0 spiro atoms. The van der Waals surface area contributed by atoms with Crippen LogP contribution in [-0.2, 0) is 20.1 Å². The van der Waals surface area contributed by atoms with Crippen LogP contribution in [-0.4, -0.2) is 35.0 Å². The smallest absolute Gasteiger partial charge is 0.335 e. The number of nitrogens with zero attached hydrogens (tertiary/aromatic N) is 5. The first kappa shape index (κ1) is 24.1. The van der Waals surface area contributed by atoms with E-state index in [2.05, 4.69) is 4.98 Å². The number of benzene rings is 3. The summed E-state index contributed by atoms with van der Waals surface area (Å²) in [6.45, 7) is 0.408. The molecule has 3 aromatic heterocycles. The molecule has 0 atom stereocenters. The molecule has 6 aromatic rings. The molecule has 0 aliphatic heterocycles. The lowest BCUT2D eigenvalue weighted by Gasteiger charge is -2.10. The number of hydrogen-bond acceptors (Lipinski definition) is 5. The summed E-state index contributed by atoms with van der Waals surface area (Å²) in [5, 5.41) is 16.7. The van der Waals surface area contributed by atoms with Crippen molar-refractivity contribution in [2.45, 2.75) is 13.1 Å². The molecule has 9 heteroatoms. The van der Waals surface area contributed by atoms with E-state index >= 15 is 0 Å². The van der Waals surface area contributed by atoms with E-state index in [4.69, 9.17) is 5.10 Å². The molecular formula is C30H23N5O4. The molecule has 192 valence electrons. The van der Waals surface area contributed by atoms with Gasteiger partial charge in [0.15, 0.2) is 5.65 Å². The van der Waals surface area contributed by atoms with Gasteiger partial charge in [0.2, 0.25) is 0 Å². The van der Waals surface area contributed by atoms with Crippen LogP contribution in [0.5, 0.6) is 0 Å². The molecule has 3 heterocycles. The van der Waals surface area contributed by atoms with Crippen molar-refractivity contribution in [2.75, 3.05) is 0 Å². The zero-order chi connectivity index (χ0) is 27.1. The van der Waals surface area contributed by atoms with Gasteiger partial charge in [-0.05, 0) is 46.2 Å². The fourth-order valence-electron chi connectivity index (χ4n) is 5.00. The van der Waals surface area contributed by atoms with Crippen LogP contribution >= 0.6 is 0 Å².